The van der Waals surface area contributed by atoms with Crippen molar-refractivity contribution in [2.75, 3.05) is 31.1 Å². The van der Waals surface area contributed by atoms with Crippen LogP contribution in [0.2, 0.25) is 51.4 Å². The number of rotatable bonds is 18. The van der Waals surface area contributed by atoms with Crippen LogP contribution in [0.5, 0.6) is 0 Å². The van der Waals surface area contributed by atoms with E-state index < -0.39 is 37.9 Å². The first kappa shape index (κ1) is 40.7. The Balaban J connectivity index is 1.30. The van der Waals surface area contributed by atoms with E-state index in [2.05, 4.69) is 53.7 Å². The minimum Gasteiger partial charge on any atom is -0.361 e. The van der Waals surface area contributed by atoms with E-state index in [0.29, 0.717) is 52.4 Å². The maximum Gasteiger partial charge on any atom is 0.264 e. The van der Waals surface area contributed by atoms with Gasteiger partial charge in [0.05, 0.1) is 47.8 Å². The third kappa shape index (κ3) is 10.3. The predicted octanol–water partition coefficient (Wildman–Crippen LogP) is 7.27. The molecule has 5 heterocycles. The van der Waals surface area contributed by atoms with Crippen LogP contribution in [-0.4, -0.2) is 88.8 Å². The molecule has 296 valence electrons. The van der Waals surface area contributed by atoms with Gasteiger partial charge in [0, 0.05) is 47.3 Å². The molecule has 0 saturated carbocycles. The maximum absolute atomic E-state index is 14.9. The number of halogens is 2. The molecule has 0 atom stereocenters. The fourth-order valence-electron chi connectivity index (χ4n) is 5.62. The molecule has 0 spiro atoms. The Bertz CT molecular complexity index is 2400. The fraction of sp³-hybridized carbons (Fsp3) is 0.457. The summed E-state index contributed by atoms with van der Waals surface area (Å²) in [6, 6.07) is 6.32. The molecule has 0 unspecified atom stereocenters. The van der Waals surface area contributed by atoms with Gasteiger partial charge in [0.1, 0.15) is 36.4 Å². The lowest BCUT2D eigenvalue weighted by Gasteiger charge is -2.23. The van der Waals surface area contributed by atoms with Crippen molar-refractivity contribution in [3.05, 3.63) is 71.8 Å². The zero-order valence-corrected chi connectivity index (χ0v) is 36.0. The first-order chi connectivity index (χ1) is 25.8. The van der Waals surface area contributed by atoms with Crippen LogP contribution in [-0.2, 0) is 43.7 Å². The molecule has 6 aromatic rings. The van der Waals surface area contributed by atoms with Gasteiger partial charge in [-0.25, -0.2) is 23.7 Å². The first-order valence-corrected chi connectivity index (χ1v) is 27.8. The second-order valence-electron chi connectivity index (χ2n) is 15.9. The van der Waals surface area contributed by atoms with Crippen molar-refractivity contribution in [3.63, 3.8) is 0 Å². The molecule has 0 aliphatic rings. The Labute approximate surface area is 325 Å². The lowest BCUT2D eigenvalue weighted by Crippen LogP contribution is -2.26. The number of nitrogens with zero attached hydrogens (tertiary/aromatic N) is 9. The van der Waals surface area contributed by atoms with Gasteiger partial charge in [-0.3, -0.25) is 18.2 Å². The number of benzene rings is 1. The average Bonchev–Trinajstić information content (AvgIpc) is 3.89. The van der Waals surface area contributed by atoms with E-state index in [1.165, 1.54) is 17.6 Å². The van der Waals surface area contributed by atoms with Crippen molar-refractivity contribution in [2.24, 2.45) is 0 Å². The summed E-state index contributed by atoms with van der Waals surface area (Å²) in [6.45, 7) is 17.0. The second-order valence-corrected chi connectivity index (χ2v) is 29.6. The minimum absolute atomic E-state index is 0.0570. The van der Waals surface area contributed by atoms with E-state index >= 15 is 0 Å². The zero-order chi connectivity index (χ0) is 39.7. The smallest absolute Gasteiger partial charge is 0.264 e. The summed E-state index contributed by atoms with van der Waals surface area (Å²) < 4.78 is 79.4. The molecule has 0 fully saturated rings. The standard InChI is InChI=1S/C35H47F2N9O5S2Si2/c1-24-18-44-29(17-38-34(44)35(40-24)46(23-50-12-14-55(6,7)8)31-15-26(42-52-31)21-51-53(2,47)48)25-16-39-43(19-25)20-30-41-33-28(10-9-27(36)32(33)37)45(30)22-49-11-13-54(3,4)5/h9-10,15-19H,11-14,20-23H2,1-8H3. The molecule has 14 nitrogen and oxygen atoms in total. The lowest BCUT2D eigenvalue weighted by atomic mass is 10.3. The molecule has 0 N–H and O–H groups in total. The maximum atomic E-state index is 14.9. The molecule has 5 aromatic heterocycles. The molecule has 0 aliphatic carbocycles. The second kappa shape index (κ2) is 16.3. The first-order valence-electron chi connectivity index (χ1n) is 17.8. The highest BCUT2D eigenvalue weighted by atomic mass is 32.2. The minimum atomic E-state index is -3.65. The van der Waals surface area contributed by atoms with Crippen LogP contribution in [0.25, 0.3) is 27.9 Å². The molecule has 0 bridgehead atoms. The van der Waals surface area contributed by atoms with Gasteiger partial charge in [0.2, 0.25) is 0 Å². The van der Waals surface area contributed by atoms with Crippen LogP contribution in [0.1, 0.15) is 17.2 Å². The van der Waals surface area contributed by atoms with Gasteiger partial charge < -0.3 is 14.0 Å². The summed E-state index contributed by atoms with van der Waals surface area (Å²) in [5, 5.41) is 5.29. The SMILES string of the molecule is Cc1cn2c(-c3cnn(Cc4nc5c(F)c(F)ccc5n4COCC[Si](C)(C)C)c3)cnc2c(N(COCC[Si](C)(C)C)c2cc(COS(C)(=O)=O)ns2)n1. The normalized spacial score (nSPS) is 12.8. The third-order valence-electron chi connectivity index (χ3n) is 8.64. The number of anilines is 2. The quantitative estimate of drug-likeness (QED) is 0.0373. The Morgan fingerprint density at radius 1 is 0.964 bits per heavy atom. The lowest BCUT2D eigenvalue weighted by molar-refractivity contribution is 0.0876. The monoisotopic (exact) mass is 831 g/mol. The largest absolute Gasteiger partial charge is 0.361 e. The van der Waals surface area contributed by atoms with Crippen molar-refractivity contribution < 1.29 is 30.9 Å². The Kier molecular flexibility index (Phi) is 12.1. The van der Waals surface area contributed by atoms with Gasteiger partial charge in [-0.15, -0.1) is 0 Å². The molecule has 0 radical (unpaired) electrons. The van der Waals surface area contributed by atoms with E-state index in [9.17, 15) is 17.2 Å². The summed E-state index contributed by atoms with van der Waals surface area (Å²) in [4.78, 5) is 16.0. The van der Waals surface area contributed by atoms with E-state index in [1.54, 1.807) is 27.7 Å². The van der Waals surface area contributed by atoms with Crippen LogP contribution < -0.4 is 4.90 Å². The molecule has 0 aliphatic heterocycles. The number of ether oxygens (including phenoxy) is 2. The third-order valence-corrected chi connectivity index (χ3v) is 13.4. The van der Waals surface area contributed by atoms with Crippen LogP contribution in [0.15, 0.2) is 43.0 Å². The van der Waals surface area contributed by atoms with Crippen molar-refractivity contribution in [3.8, 4) is 11.3 Å². The number of aryl methyl sites for hydroxylation is 1. The average molecular weight is 832 g/mol. The van der Waals surface area contributed by atoms with Crippen molar-refractivity contribution in [1.29, 1.82) is 0 Å². The van der Waals surface area contributed by atoms with Gasteiger partial charge in [0.15, 0.2) is 23.1 Å². The fourth-order valence-corrected chi connectivity index (χ4v) is 8.21. The number of imidazole rings is 2. The van der Waals surface area contributed by atoms with E-state index in [0.717, 1.165) is 35.7 Å². The molecular formula is C35H47F2N9O5S2Si2. The van der Waals surface area contributed by atoms with E-state index in [-0.39, 0.29) is 32.1 Å². The molecule has 20 heteroatoms. The van der Waals surface area contributed by atoms with Gasteiger partial charge in [-0.2, -0.15) is 17.9 Å². The number of hydrogen-bond acceptors (Lipinski definition) is 12. The highest BCUT2D eigenvalue weighted by molar-refractivity contribution is 7.85. The summed E-state index contributed by atoms with van der Waals surface area (Å²) in [5.41, 5.74) is 3.61. The van der Waals surface area contributed by atoms with Crippen molar-refractivity contribution in [2.45, 2.75) is 78.2 Å². The Morgan fingerprint density at radius 2 is 1.69 bits per heavy atom. The highest BCUT2D eigenvalue weighted by Crippen LogP contribution is 2.34. The van der Waals surface area contributed by atoms with Crippen LogP contribution >= 0.6 is 11.5 Å². The summed E-state index contributed by atoms with van der Waals surface area (Å²) in [7, 11) is -6.35. The molecule has 0 saturated heterocycles. The zero-order valence-electron chi connectivity index (χ0n) is 32.3. The van der Waals surface area contributed by atoms with Crippen LogP contribution in [0.3, 0.4) is 0 Å². The topological polar surface area (TPSA) is 144 Å². The van der Waals surface area contributed by atoms with Gasteiger partial charge in [-0.05, 0) is 48.7 Å². The predicted molar refractivity (Wildman–Crippen MR) is 215 cm³/mol. The van der Waals surface area contributed by atoms with Gasteiger partial charge in [-0.1, -0.05) is 39.3 Å². The molecule has 0 amide bonds. The van der Waals surface area contributed by atoms with E-state index in [4.69, 9.17) is 23.6 Å². The summed E-state index contributed by atoms with van der Waals surface area (Å²) >= 11 is 1.18. The van der Waals surface area contributed by atoms with Crippen LogP contribution in [0.4, 0.5) is 19.6 Å². The number of fused-ring (bicyclic) bond motifs is 2. The van der Waals surface area contributed by atoms with Gasteiger partial charge >= 0.3 is 0 Å². The number of aromatic nitrogens is 8. The summed E-state index contributed by atoms with van der Waals surface area (Å²) in [5.74, 6) is -0.963. The molecule has 55 heavy (non-hydrogen) atoms. The Hall–Kier alpha value is -3.93. The van der Waals surface area contributed by atoms with E-state index in [1.807, 2.05) is 28.6 Å². The molecule has 6 rings (SSSR count). The number of hydrogen-bond donors (Lipinski definition) is 0. The van der Waals surface area contributed by atoms with Crippen LogP contribution in [0, 0.1) is 18.6 Å². The Morgan fingerprint density at radius 3 is 2.40 bits per heavy atom. The highest BCUT2D eigenvalue weighted by Gasteiger charge is 2.24. The molecular weight excluding hydrogens is 785 g/mol. The van der Waals surface area contributed by atoms with Crippen molar-refractivity contribution in [1.82, 2.24) is 38.1 Å². The van der Waals surface area contributed by atoms with Crippen molar-refractivity contribution >= 4 is 65.3 Å². The van der Waals surface area contributed by atoms with Gasteiger partial charge in [0.25, 0.3) is 10.1 Å². The molecule has 1 aromatic carbocycles. The summed E-state index contributed by atoms with van der Waals surface area (Å²) in [6.07, 6.45) is 8.18.